The van der Waals surface area contributed by atoms with Crippen molar-refractivity contribution in [1.29, 1.82) is 0 Å². The van der Waals surface area contributed by atoms with E-state index < -0.39 is 11.6 Å². The highest BCUT2D eigenvalue weighted by Crippen LogP contribution is 2.29. The summed E-state index contributed by atoms with van der Waals surface area (Å²) in [6.07, 6.45) is 1.90. The van der Waals surface area contributed by atoms with Crippen LogP contribution in [0.4, 0.5) is 4.79 Å². The summed E-state index contributed by atoms with van der Waals surface area (Å²) in [5, 5.41) is 11.6. The molecular formula is C14H24N2O5. The SMILES string of the molecule is CC1(CNC(=O)N2CC(C)(OCC(=O)O)C2)CCOCC1. The number of nitrogens with zero attached hydrogens (tertiary/aromatic N) is 1. The number of hydrogen-bond acceptors (Lipinski definition) is 4. The maximum absolute atomic E-state index is 12.0. The van der Waals surface area contributed by atoms with Crippen molar-refractivity contribution >= 4 is 12.0 Å². The first-order valence-electron chi connectivity index (χ1n) is 7.28. The third-order valence-corrected chi connectivity index (χ3v) is 4.25. The molecule has 7 heteroatoms. The summed E-state index contributed by atoms with van der Waals surface area (Å²) in [5.74, 6) is -0.994. The van der Waals surface area contributed by atoms with Crippen molar-refractivity contribution < 1.29 is 24.2 Å². The highest BCUT2D eigenvalue weighted by Gasteiger charge is 2.43. The summed E-state index contributed by atoms with van der Waals surface area (Å²) in [5.41, 5.74) is -0.444. The molecule has 0 atom stereocenters. The van der Waals surface area contributed by atoms with Gasteiger partial charge in [-0.1, -0.05) is 6.92 Å². The van der Waals surface area contributed by atoms with E-state index in [-0.39, 0.29) is 18.1 Å². The number of rotatable bonds is 5. The average molecular weight is 300 g/mol. The van der Waals surface area contributed by atoms with Crippen LogP contribution in [0.2, 0.25) is 0 Å². The Morgan fingerprint density at radius 1 is 1.29 bits per heavy atom. The Hall–Kier alpha value is -1.34. The van der Waals surface area contributed by atoms with Gasteiger partial charge in [-0.3, -0.25) is 0 Å². The smallest absolute Gasteiger partial charge is 0.329 e. The Bertz CT molecular complexity index is 400. The van der Waals surface area contributed by atoms with Gasteiger partial charge in [0, 0.05) is 19.8 Å². The van der Waals surface area contributed by atoms with Crippen molar-refractivity contribution in [3.05, 3.63) is 0 Å². The quantitative estimate of drug-likeness (QED) is 0.780. The molecule has 21 heavy (non-hydrogen) atoms. The molecule has 0 radical (unpaired) electrons. The fourth-order valence-corrected chi connectivity index (χ4v) is 2.67. The molecule has 0 bridgehead atoms. The standard InChI is InChI=1S/C14H24N2O5/c1-13(3-5-20-6-4-13)8-15-12(19)16-9-14(2,10-16)21-7-11(17)18/h3-10H2,1-2H3,(H,15,19)(H,17,18). The minimum atomic E-state index is -0.994. The summed E-state index contributed by atoms with van der Waals surface area (Å²) >= 11 is 0. The predicted molar refractivity (Wildman–Crippen MR) is 75.1 cm³/mol. The minimum Gasteiger partial charge on any atom is -0.480 e. The predicted octanol–water partition coefficient (Wildman–Crippen LogP) is 0.688. The lowest BCUT2D eigenvalue weighted by Gasteiger charge is -2.47. The summed E-state index contributed by atoms with van der Waals surface area (Å²) in [7, 11) is 0. The zero-order chi connectivity index (χ0) is 15.5. The molecule has 2 fully saturated rings. The molecule has 2 aliphatic heterocycles. The number of likely N-dealkylation sites (tertiary alicyclic amines) is 1. The Morgan fingerprint density at radius 2 is 1.90 bits per heavy atom. The van der Waals surface area contributed by atoms with E-state index in [2.05, 4.69) is 12.2 Å². The second-order valence-electron chi connectivity index (χ2n) is 6.57. The van der Waals surface area contributed by atoms with Gasteiger partial charge in [0.25, 0.3) is 0 Å². The van der Waals surface area contributed by atoms with E-state index in [1.807, 2.05) is 6.92 Å². The summed E-state index contributed by atoms with van der Waals surface area (Å²) < 4.78 is 10.6. The first-order chi connectivity index (χ1) is 9.82. The van der Waals surface area contributed by atoms with Crippen molar-refractivity contribution in [2.24, 2.45) is 5.41 Å². The fraction of sp³-hybridized carbons (Fsp3) is 0.857. The van der Waals surface area contributed by atoms with Crippen LogP contribution in [0.5, 0.6) is 0 Å². The maximum Gasteiger partial charge on any atom is 0.329 e. The monoisotopic (exact) mass is 300 g/mol. The minimum absolute atomic E-state index is 0.0991. The molecule has 7 nitrogen and oxygen atoms in total. The number of carboxylic acid groups (broad SMARTS) is 1. The molecule has 2 amide bonds. The summed E-state index contributed by atoms with van der Waals surface area (Å²) in [4.78, 5) is 24.2. The summed E-state index contributed by atoms with van der Waals surface area (Å²) in [6.45, 7) is 6.63. The molecule has 2 aliphatic rings. The Morgan fingerprint density at radius 3 is 2.48 bits per heavy atom. The molecule has 0 aliphatic carbocycles. The van der Waals surface area contributed by atoms with Gasteiger partial charge in [-0.05, 0) is 25.2 Å². The van der Waals surface area contributed by atoms with Crippen molar-refractivity contribution in [1.82, 2.24) is 10.2 Å². The second-order valence-corrected chi connectivity index (χ2v) is 6.57. The van der Waals surface area contributed by atoms with Gasteiger partial charge in [0.1, 0.15) is 12.2 Å². The number of aliphatic carboxylic acids is 1. The number of amides is 2. The number of nitrogens with one attached hydrogen (secondary N) is 1. The first-order valence-corrected chi connectivity index (χ1v) is 7.28. The third kappa shape index (κ3) is 4.31. The van der Waals surface area contributed by atoms with E-state index in [4.69, 9.17) is 14.6 Å². The number of urea groups is 1. The van der Waals surface area contributed by atoms with E-state index in [0.29, 0.717) is 19.6 Å². The Labute approximate surface area is 124 Å². The second kappa shape index (κ2) is 6.19. The van der Waals surface area contributed by atoms with E-state index in [9.17, 15) is 9.59 Å². The highest BCUT2D eigenvalue weighted by molar-refractivity contribution is 5.75. The molecule has 0 unspecified atom stereocenters. The van der Waals surface area contributed by atoms with Crippen LogP contribution >= 0.6 is 0 Å². The first kappa shape index (κ1) is 16.0. The number of carbonyl (C=O) groups excluding carboxylic acids is 1. The molecule has 2 heterocycles. The average Bonchev–Trinajstić information content (AvgIpc) is 2.40. The van der Waals surface area contributed by atoms with Gasteiger partial charge in [-0.25, -0.2) is 9.59 Å². The van der Waals surface area contributed by atoms with Crippen LogP contribution in [0.15, 0.2) is 0 Å². The van der Waals surface area contributed by atoms with E-state index >= 15 is 0 Å². The number of carboxylic acids is 1. The van der Waals surface area contributed by atoms with Crippen LogP contribution < -0.4 is 5.32 Å². The molecule has 0 aromatic carbocycles. The lowest BCUT2D eigenvalue weighted by Crippen LogP contribution is -2.65. The number of carbonyl (C=O) groups is 2. The maximum atomic E-state index is 12.0. The lowest BCUT2D eigenvalue weighted by molar-refractivity contribution is -0.159. The highest BCUT2D eigenvalue weighted by atomic mass is 16.5. The van der Waals surface area contributed by atoms with Crippen LogP contribution in [-0.2, 0) is 14.3 Å². The molecule has 2 saturated heterocycles. The molecule has 0 aromatic heterocycles. The van der Waals surface area contributed by atoms with Crippen molar-refractivity contribution in [3.8, 4) is 0 Å². The van der Waals surface area contributed by atoms with Crippen LogP contribution in [0.1, 0.15) is 26.7 Å². The number of hydrogen-bond donors (Lipinski definition) is 2. The van der Waals surface area contributed by atoms with Crippen molar-refractivity contribution in [2.75, 3.05) is 39.5 Å². The van der Waals surface area contributed by atoms with Crippen molar-refractivity contribution in [2.45, 2.75) is 32.3 Å². The third-order valence-electron chi connectivity index (χ3n) is 4.25. The molecule has 0 aromatic rings. The van der Waals surface area contributed by atoms with Gasteiger partial charge in [-0.2, -0.15) is 0 Å². The molecule has 2 rings (SSSR count). The molecular weight excluding hydrogens is 276 g/mol. The van der Waals surface area contributed by atoms with Crippen LogP contribution in [0, 0.1) is 5.41 Å². The molecule has 2 N–H and O–H groups in total. The zero-order valence-corrected chi connectivity index (χ0v) is 12.7. The van der Waals surface area contributed by atoms with Gasteiger partial charge in [0.15, 0.2) is 0 Å². The van der Waals surface area contributed by atoms with Crippen LogP contribution in [0.3, 0.4) is 0 Å². The summed E-state index contributed by atoms with van der Waals surface area (Å²) in [6, 6.07) is -0.112. The Balaban J connectivity index is 1.70. The zero-order valence-electron chi connectivity index (χ0n) is 12.7. The molecule has 0 saturated carbocycles. The van der Waals surface area contributed by atoms with E-state index in [1.54, 1.807) is 4.90 Å². The van der Waals surface area contributed by atoms with E-state index in [0.717, 1.165) is 26.1 Å². The van der Waals surface area contributed by atoms with Gasteiger partial charge in [0.2, 0.25) is 0 Å². The van der Waals surface area contributed by atoms with Gasteiger partial charge < -0.3 is 24.8 Å². The normalized spacial score (nSPS) is 23.2. The fourth-order valence-electron chi connectivity index (χ4n) is 2.67. The van der Waals surface area contributed by atoms with E-state index in [1.165, 1.54) is 0 Å². The number of ether oxygens (including phenoxy) is 2. The topological polar surface area (TPSA) is 88.1 Å². The van der Waals surface area contributed by atoms with Gasteiger partial charge in [-0.15, -0.1) is 0 Å². The Kier molecular flexibility index (Phi) is 4.73. The largest absolute Gasteiger partial charge is 0.480 e. The van der Waals surface area contributed by atoms with Gasteiger partial charge >= 0.3 is 12.0 Å². The van der Waals surface area contributed by atoms with Crippen molar-refractivity contribution in [3.63, 3.8) is 0 Å². The molecule has 120 valence electrons. The van der Waals surface area contributed by atoms with Crippen LogP contribution in [-0.4, -0.2) is 67.1 Å². The lowest BCUT2D eigenvalue weighted by atomic mass is 9.82. The van der Waals surface area contributed by atoms with Crippen LogP contribution in [0.25, 0.3) is 0 Å². The van der Waals surface area contributed by atoms with Gasteiger partial charge in [0.05, 0.1) is 13.1 Å². The molecule has 0 spiro atoms.